The molecule has 0 aromatic carbocycles. The van der Waals surface area contributed by atoms with E-state index in [1.807, 2.05) is 0 Å². The van der Waals surface area contributed by atoms with Gasteiger partial charge in [0, 0.05) is 0 Å². The van der Waals surface area contributed by atoms with Gasteiger partial charge < -0.3 is 30.5 Å². The number of aliphatic hydroxyl groups excluding tert-OH is 4. The quantitative estimate of drug-likeness (QED) is 0.341. The fraction of sp³-hybridized carbons (Fsp3) is 0.889. The summed E-state index contributed by atoms with van der Waals surface area (Å²) in [6.45, 7) is 0.639. The van der Waals surface area contributed by atoms with Gasteiger partial charge in [-0.25, -0.2) is 0 Å². The molecule has 18 heavy (non-hydrogen) atoms. The van der Waals surface area contributed by atoms with E-state index in [9.17, 15) is 25.0 Å². The second kappa shape index (κ2) is 6.16. The maximum absolute atomic E-state index is 11.4. The molecule has 0 aromatic heterocycles. The first-order valence-electron chi connectivity index (χ1n) is 5.35. The van der Waals surface area contributed by atoms with Crippen molar-refractivity contribution in [3.8, 4) is 0 Å². The Morgan fingerprint density at radius 1 is 1.39 bits per heavy atom. The first kappa shape index (κ1) is 14.9. The van der Waals surface area contributed by atoms with Gasteiger partial charge in [0.05, 0.1) is 6.61 Å². The van der Waals surface area contributed by atoms with Crippen molar-refractivity contribution in [1.29, 1.82) is 0 Å². The minimum atomic E-state index is -1.61. The number of carbonyl (C=O) groups excluding carboxylic acids is 1. The van der Waals surface area contributed by atoms with Gasteiger partial charge in [0.2, 0.25) is 5.91 Å². The Bertz CT molecular complexity index is 313. The number of nitroso groups, excluding NO2 is 1. The lowest BCUT2D eigenvalue weighted by molar-refractivity contribution is -0.253. The Morgan fingerprint density at radius 3 is 2.50 bits per heavy atom. The molecule has 1 aliphatic heterocycles. The molecule has 1 aliphatic rings. The van der Waals surface area contributed by atoms with Crippen LogP contribution in [0, 0.1) is 4.91 Å². The fourth-order valence-corrected chi connectivity index (χ4v) is 1.59. The summed E-state index contributed by atoms with van der Waals surface area (Å²) in [6, 6.07) is -2.50. The molecule has 0 bridgehead atoms. The van der Waals surface area contributed by atoms with Gasteiger partial charge >= 0.3 is 0 Å². The standard InChI is InChI=1S/C9H16N2O7/c1-3(11-17)8(15)10-5-7(14)6(13)4(2-12)18-9(5)16/h3-7,9,12-14,16H,2H2,1H3,(H,10,15)/t3?,4?,5?,6-,7+,9+/m1/s1. The first-order chi connectivity index (χ1) is 8.42. The molecule has 0 aromatic rings. The highest BCUT2D eigenvalue weighted by molar-refractivity contribution is 5.81. The number of amides is 1. The van der Waals surface area contributed by atoms with Gasteiger partial charge in [-0.05, 0) is 6.92 Å². The minimum absolute atomic E-state index is 0.595. The first-order valence-corrected chi connectivity index (χ1v) is 5.35. The van der Waals surface area contributed by atoms with Crippen molar-refractivity contribution in [1.82, 2.24) is 5.32 Å². The van der Waals surface area contributed by atoms with Crippen LogP contribution >= 0.6 is 0 Å². The van der Waals surface area contributed by atoms with E-state index in [4.69, 9.17) is 9.84 Å². The van der Waals surface area contributed by atoms with Crippen molar-refractivity contribution in [2.24, 2.45) is 5.18 Å². The van der Waals surface area contributed by atoms with Gasteiger partial charge in [-0.15, -0.1) is 4.91 Å². The molecule has 5 N–H and O–H groups in total. The zero-order valence-corrected chi connectivity index (χ0v) is 9.63. The number of hydrogen-bond donors (Lipinski definition) is 5. The van der Waals surface area contributed by atoms with Gasteiger partial charge in [-0.1, -0.05) is 5.18 Å². The van der Waals surface area contributed by atoms with Crippen LogP contribution in [0.25, 0.3) is 0 Å². The predicted molar refractivity (Wildman–Crippen MR) is 57.2 cm³/mol. The summed E-state index contributed by atoms with van der Waals surface area (Å²) in [5.41, 5.74) is 0. The number of nitrogens with one attached hydrogen (secondary N) is 1. The molecule has 0 radical (unpaired) electrons. The highest BCUT2D eigenvalue weighted by Crippen LogP contribution is 2.19. The van der Waals surface area contributed by atoms with E-state index in [2.05, 4.69) is 10.5 Å². The van der Waals surface area contributed by atoms with Gasteiger partial charge in [-0.3, -0.25) is 4.79 Å². The fourth-order valence-electron chi connectivity index (χ4n) is 1.59. The molecule has 0 spiro atoms. The SMILES string of the molecule is CC(N=O)C(=O)NC1[C@@H](O)OC(CO)[C@@H](O)[C@H]1O. The van der Waals surface area contributed by atoms with E-state index in [0.29, 0.717) is 0 Å². The van der Waals surface area contributed by atoms with Crippen molar-refractivity contribution < 1.29 is 30.0 Å². The predicted octanol–water partition coefficient (Wildman–Crippen LogP) is -2.94. The second-order valence-electron chi connectivity index (χ2n) is 4.04. The van der Waals surface area contributed by atoms with E-state index in [-0.39, 0.29) is 0 Å². The van der Waals surface area contributed by atoms with Crippen molar-refractivity contribution in [2.45, 2.75) is 43.6 Å². The Hall–Kier alpha value is -1.13. The molecule has 1 saturated heterocycles. The van der Waals surface area contributed by atoms with Crippen LogP contribution in [0.3, 0.4) is 0 Å². The molecule has 3 unspecified atom stereocenters. The third-order valence-corrected chi connectivity index (χ3v) is 2.75. The molecule has 1 rings (SSSR count). The van der Waals surface area contributed by atoms with Crippen LogP contribution in [0.5, 0.6) is 0 Å². The van der Waals surface area contributed by atoms with Crippen LogP contribution in [-0.2, 0) is 9.53 Å². The Balaban J connectivity index is 2.71. The molecule has 0 aliphatic carbocycles. The molecule has 9 heteroatoms. The Morgan fingerprint density at radius 2 is 2.00 bits per heavy atom. The van der Waals surface area contributed by atoms with Crippen molar-refractivity contribution in [3.05, 3.63) is 4.91 Å². The number of carbonyl (C=O) groups is 1. The van der Waals surface area contributed by atoms with E-state index in [0.717, 1.165) is 0 Å². The second-order valence-corrected chi connectivity index (χ2v) is 4.04. The van der Waals surface area contributed by atoms with Crippen LogP contribution in [0.1, 0.15) is 6.92 Å². The monoisotopic (exact) mass is 264 g/mol. The molecular formula is C9H16N2O7. The maximum Gasteiger partial charge on any atom is 0.248 e. The zero-order valence-electron chi connectivity index (χ0n) is 9.63. The highest BCUT2D eigenvalue weighted by atomic mass is 16.6. The lowest BCUT2D eigenvalue weighted by Crippen LogP contribution is -2.64. The van der Waals surface area contributed by atoms with E-state index in [1.165, 1.54) is 6.92 Å². The summed E-state index contributed by atoms with van der Waals surface area (Å²) in [6.07, 6.45) is -5.76. The Kier molecular flexibility index (Phi) is 5.11. The summed E-state index contributed by atoms with van der Waals surface area (Å²) < 4.78 is 4.82. The average Bonchev–Trinajstić information content (AvgIpc) is 2.37. The topological polar surface area (TPSA) is 149 Å². The van der Waals surface area contributed by atoms with Crippen LogP contribution in [-0.4, -0.2) is 69.6 Å². The van der Waals surface area contributed by atoms with Gasteiger partial charge in [0.25, 0.3) is 0 Å². The van der Waals surface area contributed by atoms with Crippen molar-refractivity contribution in [3.63, 3.8) is 0 Å². The van der Waals surface area contributed by atoms with E-state index in [1.54, 1.807) is 0 Å². The molecule has 104 valence electrons. The smallest absolute Gasteiger partial charge is 0.248 e. The highest BCUT2D eigenvalue weighted by Gasteiger charge is 2.44. The summed E-state index contributed by atoms with van der Waals surface area (Å²) in [4.78, 5) is 21.5. The van der Waals surface area contributed by atoms with Gasteiger partial charge in [0.15, 0.2) is 12.3 Å². The largest absolute Gasteiger partial charge is 0.394 e. The van der Waals surface area contributed by atoms with Crippen LogP contribution in [0.15, 0.2) is 5.18 Å². The number of hydrogen-bond acceptors (Lipinski definition) is 8. The number of nitrogens with zero attached hydrogens (tertiary/aromatic N) is 1. The summed E-state index contributed by atoms with van der Waals surface area (Å²) in [7, 11) is 0. The third kappa shape index (κ3) is 3.00. The summed E-state index contributed by atoms with van der Waals surface area (Å²) in [5.74, 6) is -0.814. The van der Waals surface area contributed by atoms with Gasteiger partial charge in [0.1, 0.15) is 24.4 Å². The molecule has 1 amide bonds. The molecule has 1 heterocycles. The summed E-state index contributed by atoms with van der Waals surface area (Å²) in [5, 5.41) is 42.2. The van der Waals surface area contributed by atoms with Crippen LogP contribution in [0.2, 0.25) is 0 Å². The molecule has 9 nitrogen and oxygen atoms in total. The number of rotatable bonds is 4. The molecule has 6 atom stereocenters. The zero-order chi connectivity index (χ0) is 13.9. The minimum Gasteiger partial charge on any atom is -0.394 e. The van der Waals surface area contributed by atoms with Crippen molar-refractivity contribution >= 4 is 5.91 Å². The lowest BCUT2D eigenvalue weighted by Gasteiger charge is -2.40. The van der Waals surface area contributed by atoms with E-state index < -0.39 is 49.2 Å². The van der Waals surface area contributed by atoms with Crippen molar-refractivity contribution in [2.75, 3.05) is 6.61 Å². The molecule has 0 saturated carbocycles. The van der Waals surface area contributed by atoms with Crippen LogP contribution in [0.4, 0.5) is 0 Å². The Labute approximate surface area is 102 Å². The number of aliphatic hydroxyl groups is 4. The normalized spacial score (nSPS) is 37.9. The molecule has 1 fully saturated rings. The number of ether oxygens (including phenoxy) is 1. The van der Waals surface area contributed by atoms with Gasteiger partial charge in [-0.2, -0.15) is 0 Å². The maximum atomic E-state index is 11.4. The van der Waals surface area contributed by atoms with E-state index >= 15 is 0 Å². The lowest BCUT2D eigenvalue weighted by atomic mass is 9.97. The van der Waals surface area contributed by atoms with Crippen LogP contribution < -0.4 is 5.32 Å². The average molecular weight is 264 g/mol. The molecular weight excluding hydrogens is 248 g/mol. The third-order valence-electron chi connectivity index (χ3n) is 2.75. The summed E-state index contributed by atoms with van der Waals surface area (Å²) >= 11 is 0.